The standard InChI is InChI=1S/2C26H32ClN5O3S.2C21H22ClN5O2/c1-26(2,3)36(34)31-19-8-10-20(11-9-19)32-23(17-6-5-7-18(27)14-17)15-24(30-32)29-22-16-28-13-12-21(22)25(33)35-4;1-26(2,3)36(34)31-19-8-10-20(11-9-19)32-24(15-22(30-32)17-6-5-7-18(27)14-17)29-23-16-28-13-12-21(23)25(33)35-4;22-14-3-1-2-13(10-14)19-11-20(25-18-12-24-9-8-17(18)21(28)29)26-27(19)16-6-4-15(23)5-7-16;22-14-3-1-2-13(10-14)18-11-20(25-19-12-24-9-8-17(19)21(28)29)27(26-18)16-6-4-15(23)5-7-16/h5-7,12-16,19-20,31H,8-11H2,1-4H3,(H,29,30);5-7,12-16,19-20,29,31H,8-11H2,1-4H3;1-3,8-12,15-16H,4-7,23H2,(H,25,26)(H,28,29);1-3,8-12,15-16,25H,4-7,23H2,(H,28,29). The monoisotopic (exact) mass is 1880 g/mol. The third-order valence-electron chi connectivity index (χ3n) is 23.0. The maximum Gasteiger partial charge on any atom is 0.340 e. The van der Waals surface area contributed by atoms with E-state index < -0.39 is 45.8 Å². The van der Waals surface area contributed by atoms with Gasteiger partial charge in [-0.15, -0.1) is 0 Å². The third kappa shape index (κ3) is 25.3. The van der Waals surface area contributed by atoms with E-state index in [9.17, 15) is 37.8 Å². The first-order chi connectivity index (χ1) is 62.3. The molecular weight excluding hydrogens is 1780 g/mol. The Kier molecular flexibility index (Phi) is 32.6. The van der Waals surface area contributed by atoms with Gasteiger partial charge >= 0.3 is 23.9 Å². The number of nitrogens with zero attached hydrogens (tertiary/aromatic N) is 12. The molecule has 0 radical (unpaired) electrons. The van der Waals surface area contributed by atoms with E-state index in [4.69, 9.17) is 87.7 Å². The molecule has 684 valence electrons. The smallest absolute Gasteiger partial charge is 0.340 e. The van der Waals surface area contributed by atoms with Gasteiger partial charge in [-0.1, -0.05) is 94.9 Å². The molecule has 8 heterocycles. The number of esters is 2. The first-order valence-corrected chi connectivity index (χ1v) is 46.9. The summed E-state index contributed by atoms with van der Waals surface area (Å²) in [5, 5.41) is 53.8. The molecule has 2 atom stereocenters. The molecule has 2 unspecified atom stereocenters. The van der Waals surface area contributed by atoms with Gasteiger partial charge in [-0.2, -0.15) is 20.4 Å². The molecule has 0 amide bonds. The van der Waals surface area contributed by atoms with Gasteiger partial charge in [0.1, 0.15) is 11.6 Å². The molecule has 0 aliphatic heterocycles. The Labute approximate surface area is 780 Å². The van der Waals surface area contributed by atoms with Crippen molar-refractivity contribution in [2.24, 2.45) is 11.5 Å². The second-order valence-electron chi connectivity index (χ2n) is 34.4. The van der Waals surface area contributed by atoms with Gasteiger partial charge in [0.15, 0.2) is 11.6 Å². The molecule has 8 aromatic heterocycles. The number of nitrogens with one attached hydrogen (secondary N) is 6. The lowest BCUT2D eigenvalue weighted by Crippen LogP contribution is -2.41. The highest BCUT2D eigenvalue weighted by atomic mass is 35.5. The summed E-state index contributed by atoms with van der Waals surface area (Å²) in [7, 11) is 0.508. The average Bonchev–Trinajstić information content (AvgIpc) is 1.65. The van der Waals surface area contributed by atoms with Crippen LogP contribution in [0, 0.1) is 0 Å². The summed E-state index contributed by atoms with van der Waals surface area (Å²) in [6.45, 7) is 11.9. The number of carbonyl (C=O) groups is 4. The molecule has 4 fully saturated rings. The van der Waals surface area contributed by atoms with E-state index in [1.54, 1.807) is 36.9 Å². The van der Waals surface area contributed by atoms with E-state index in [1.807, 2.05) is 182 Å². The first kappa shape index (κ1) is 96.3. The summed E-state index contributed by atoms with van der Waals surface area (Å²) in [6.07, 6.45) is 26.8. The minimum Gasteiger partial charge on any atom is -0.478 e. The zero-order chi connectivity index (χ0) is 92.5. The summed E-state index contributed by atoms with van der Waals surface area (Å²) in [5.74, 6) is -0.311. The number of hydrogen-bond acceptors (Lipinski definition) is 22. The zero-order valence-corrected chi connectivity index (χ0v) is 78.1. The van der Waals surface area contributed by atoms with E-state index in [1.165, 1.54) is 51.1 Å². The molecule has 12 aromatic rings. The van der Waals surface area contributed by atoms with Gasteiger partial charge in [-0.05, 0) is 217 Å². The van der Waals surface area contributed by atoms with E-state index in [0.29, 0.717) is 65.6 Å². The number of carboxylic acid groups (broad SMARTS) is 2. The Bertz CT molecular complexity index is 5980. The van der Waals surface area contributed by atoms with Gasteiger partial charge in [-0.3, -0.25) is 29.3 Å². The SMILES string of the molecule is COC(=O)c1ccncc1Nc1cc(-c2cccc(Cl)c2)n(C2CCC(NS(=O)C(C)(C)C)CC2)n1.COC(=O)c1ccncc1Nc1cc(-c2cccc(Cl)c2)nn1C1CCC(NS(=O)C(C)(C)C)CC1.NC1CCC(n2nc(-c3cccc(Cl)c3)cc2Nc2cnccc2C(=O)O)CC1.NC1CCC(n2nc(Nc3cnccc3C(=O)O)cc2-c2cccc(Cl)c2)CC1. The van der Waals surface area contributed by atoms with E-state index >= 15 is 0 Å². The van der Waals surface area contributed by atoms with Crippen LogP contribution in [0.2, 0.25) is 20.1 Å². The molecule has 0 spiro atoms. The van der Waals surface area contributed by atoms with Crippen LogP contribution < -0.4 is 42.2 Å². The summed E-state index contributed by atoms with van der Waals surface area (Å²) in [4.78, 5) is 64.0. The normalized spacial score (nSPS) is 19.1. The van der Waals surface area contributed by atoms with Gasteiger partial charge in [0.2, 0.25) is 0 Å². The van der Waals surface area contributed by atoms with Crippen molar-refractivity contribution in [3.63, 3.8) is 0 Å². The number of carbonyl (C=O) groups excluding carboxylic acids is 2. The fourth-order valence-electron chi connectivity index (χ4n) is 16.0. The predicted octanol–water partition coefficient (Wildman–Crippen LogP) is 20.3. The van der Waals surface area contributed by atoms with Crippen LogP contribution in [0.5, 0.6) is 0 Å². The maximum atomic E-state index is 12.6. The molecular formula is C94H108Cl4N20O10S2. The van der Waals surface area contributed by atoms with Crippen LogP contribution in [0.1, 0.15) is 210 Å². The lowest BCUT2D eigenvalue weighted by molar-refractivity contribution is 0.0593. The topological polar surface area (TPSA) is 408 Å². The van der Waals surface area contributed by atoms with Gasteiger partial charge in [0, 0.05) is 116 Å². The summed E-state index contributed by atoms with van der Waals surface area (Å²) < 4.78 is 48.9. The lowest BCUT2D eigenvalue weighted by Gasteiger charge is -2.31. The van der Waals surface area contributed by atoms with E-state index in [0.717, 1.165) is 159 Å². The van der Waals surface area contributed by atoms with Crippen LogP contribution in [0.25, 0.3) is 45.0 Å². The molecule has 36 heteroatoms. The van der Waals surface area contributed by atoms with Crippen LogP contribution in [0.4, 0.5) is 46.0 Å². The number of benzene rings is 4. The fraction of sp³-hybridized carbons (Fsp3) is 0.362. The Morgan fingerprint density at radius 1 is 0.385 bits per heavy atom. The molecule has 16 rings (SSSR count). The Morgan fingerprint density at radius 3 is 1.00 bits per heavy atom. The van der Waals surface area contributed by atoms with Crippen LogP contribution in [-0.2, 0) is 31.4 Å². The molecule has 4 saturated carbocycles. The van der Waals surface area contributed by atoms with Crippen molar-refractivity contribution in [3.05, 3.63) is 238 Å². The van der Waals surface area contributed by atoms with Crippen molar-refractivity contribution in [1.82, 2.24) is 68.5 Å². The largest absolute Gasteiger partial charge is 0.478 e. The summed E-state index contributed by atoms with van der Waals surface area (Å²) in [6, 6.07) is 45.9. The molecule has 4 aliphatic rings. The highest BCUT2D eigenvalue weighted by molar-refractivity contribution is 7.84. The predicted molar refractivity (Wildman–Crippen MR) is 513 cm³/mol. The quantitative estimate of drug-likeness (QED) is 0.0251. The molecule has 4 aliphatic carbocycles. The number of halogens is 4. The number of rotatable bonds is 24. The Balaban J connectivity index is 0.000000148. The highest BCUT2D eigenvalue weighted by Crippen LogP contribution is 2.42. The van der Waals surface area contributed by atoms with Crippen molar-refractivity contribution < 1.29 is 47.3 Å². The number of nitrogens with two attached hydrogens (primary N) is 2. The van der Waals surface area contributed by atoms with Gasteiger partial charge < -0.3 is 52.4 Å². The molecule has 30 nitrogen and oxygen atoms in total. The van der Waals surface area contributed by atoms with E-state index in [2.05, 4.69) is 50.6 Å². The summed E-state index contributed by atoms with van der Waals surface area (Å²) >= 11 is 24.9. The number of anilines is 8. The van der Waals surface area contributed by atoms with Crippen LogP contribution in [0.15, 0.2) is 195 Å². The fourth-order valence-corrected chi connectivity index (χ4v) is 18.6. The van der Waals surface area contributed by atoms with Gasteiger partial charge in [0.25, 0.3) is 0 Å². The van der Waals surface area contributed by atoms with Crippen molar-refractivity contribution in [2.75, 3.05) is 35.5 Å². The number of aromatic nitrogens is 12. The van der Waals surface area contributed by atoms with Crippen molar-refractivity contribution in [2.45, 2.75) is 202 Å². The van der Waals surface area contributed by atoms with Crippen molar-refractivity contribution >= 4 is 138 Å². The minimum absolute atomic E-state index is 0.139. The highest BCUT2D eigenvalue weighted by Gasteiger charge is 2.34. The van der Waals surface area contributed by atoms with Crippen LogP contribution >= 0.6 is 46.4 Å². The maximum absolute atomic E-state index is 12.6. The number of hydrogen-bond donors (Lipinski definition) is 10. The average molecular weight is 1880 g/mol. The van der Waals surface area contributed by atoms with Gasteiger partial charge in [0.05, 0.1) is 162 Å². The second kappa shape index (κ2) is 44.1. The number of aromatic carboxylic acids is 2. The van der Waals surface area contributed by atoms with Crippen LogP contribution in [0.3, 0.4) is 0 Å². The first-order valence-electron chi connectivity index (χ1n) is 43.1. The number of pyridine rings is 4. The molecule has 0 bridgehead atoms. The Morgan fingerprint density at radius 2 is 0.677 bits per heavy atom. The number of methoxy groups -OCH3 is 2. The minimum atomic E-state index is -1.10. The van der Waals surface area contributed by atoms with Gasteiger partial charge in [-0.25, -0.2) is 46.4 Å². The summed E-state index contributed by atoms with van der Waals surface area (Å²) in [5.41, 5.74) is 22.2. The van der Waals surface area contributed by atoms with Crippen LogP contribution in [-0.4, -0.2) is 149 Å². The molecule has 0 saturated heterocycles. The van der Waals surface area contributed by atoms with E-state index in [-0.39, 0.29) is 69.0 Å². The molecule has 12 N–H and O–H groups in total. The number of ether oxygens (including phenoxy) is 2. The molecule has 4 aromatic carbocycles. The van der Waals surface area contributed by atoms with Crippen molar-refractivity contribution in [3.8, 4) is 45.0 Å². The third-order valence-corrected chi connectivity index (χ3v) is 27.2. The second-order valence-corrected chi connectivity index (χ2v) is 40.1. The zero-order valence-electron chi connectivity index (χ0n) is 73.4. The van der Waals surface area contributed by atoms with Crippen molar-refractivity contribution in [1.29, 1.82) is 0 Å². The molecule has 130 heavy (non-hydrogen) atoms. The lowest BCUT2D eigenvalue weighted by atomic mass is 9.91. The number of carboxylic acids is 2. The Hall–Kier alpha value is -11.3.